The molecular formula is C19H22F2N2O2. The number of hydrogen-bond acceptors (Lipinski definition) is 3. The van der Waals surface area contributed by atoms with Gasteiger partial charge in [-0.05, 0) is 30.2 Å². The summed E-state index contributed by atoms with van der Waals surface area (Å²) in [7, 11) is 0. The van der Waals surface area contributed by atoms with Crippen molar-refractivity contribution >= 4 is 11.6 Å². The molecule has 2 aromatic rings. The number of carbonyl (C=O) groups is 1. The Labute approximate surface area is 145 Å². The van der Waals surface area contributed by atoms with E-state index >= 15 is 0 Å². The number of carbonyl (C=O) groups excluding carboxylic acids is 1. The molecule has 0 saturated heterocycles. The molecule has 4 nitrogen and oxygen atoms in total. The third kappa shape index (κ3) is 5.53. The van der Waals surface area contributed by atoms with Gasteiger partial charge >= 0.3 is 0 Å². The fourth-order valence-electron chi connectivity index (χ4n) is 2.36. The summed E-state index contributed by atoms with van der Waals surface area (Å²) in [6, 6.07) is 11.0. The van der Waals surface area contributed by atoms with Gasteiger partial charge in [0.25, 0.3) is 0 Å². The number of nitrogens with one attached hydrogen (secondary N) is 2. The summed E-state index contributed by atoms with van der Waals surface area (Å²) < 4.78 is 26.8. The maximum absolute atomic E-state index is 13.6. The SMILES string of the molecule is CCC(CO)NC(=O)Cc1ccc(NCc2cccc(F)c2F)cc1. The Morgan fingerprint density at radius 1 is 1.16 bits per heavy atom. The molecule has 0 aliphatic heterocycles. The van der Waals surface area contributed by atoms with E-state index in [0.29, 0.717) is 6.42 Å². The summed E-state index contributed by atoms with van der Waals surface area (Å²) in [5.74, 6) is -1.87. The monoisotopic (exact) mass is 348 g/mol. The quantitative estimate of drug-likeness (QED) is 0.687. The Morgan fingerprint density at radius 3 is 2.52 bits per heavy atom. The van der Waals surface area contributed by atoms with Crippen LogP contribution in [-0.2, 0) is 17.8 Å². The molecule has 1 unspecified atom stereocenters. The number of hydrogen-bond donors (Lipinski definition) is 3. The smallest absolute Gasteiger partial charge is 0.224 e. The van der Waals surface area contributed by atoms with Crippen molar-refractivity contribution in [3.63, 3.8) is 0 Å². The number of aliphatic hydroxyl groups excluding tert-OH is 1. The molecule has 0 saturated carbocycles. The lowest BCUT2D eigenvalue weighted by Gasteiger charge is -2.14. The van der Waals surface area contributed by atoms with Crippen LogP contribution in [0.15, 0.2) is 42.5 Å². The van der Waals surface area contributed by atoms with Crippen LogP contribution < -0.4 is 10.6 Å². The zero-order valence-electron chi connectivity index (χ0n) is 14.1. The molecule has 0 heterocycles. The first-order valence-corrected chi connectivity index (χ1v) is 8.19. The van der Waals surface area contributed by atoms with Crippen LogP contribution in [0.25, 0.3) is 0 Å². The lowest BCUT2D eigenvalue weighted by molar-refractivity contribution is -0.121. The van der Waals surface area contributed by atoms with Gasteiger partial charge in [-0.3, -0.25) is 4.79 Å². The van der Waals surface area contributed by atoms with E-state index in [2.05, 4.69) is 10.6 Å². The normalized spacial score (nSPS) is 11.8. The van der Waals surface area contributed by atoms with E-state index in [-0.39, 0.29) is 37.1 Å². The average Bonchev–Trinajstić information content (AvgIpc) is 2.62. The van der Waals surface area contributed by atoms with Crippen LogP contribution in [0.2, 0.25) is 0 Å². The van der Waals surface area contributed by atoms with Gasteiger partial charge in [0.15, 0.2) is 11.6 Å². The van der Waals surface area contributed by atoms with Crippen LogP contribution in [-0.4, -0.2) is 23.7 Å². The number of rotatable bonds is 8. The molecule has 0 radical (unpaired) electrons. The van der Waals surface area contributed by atoms with E-state index < -0.39 is 11.6 Å². The van der Waals surface area contributed by atoms with Crippen LogP contribution in [0, 0.1) is 11.6 Å². The zero-order chi connectivity index (χ0) is 18.2. The van der Waals surface area contributed by atoms with Crippen LogP contribution in [0.5, 0.6) is 0 Å². The van der Waals surface area contributed by atoms with Crippen molar-refractivity contribution in [1.29, 1.82) is 0 Å². The number of amides is 1. The number of halogens is 2. The first-order chi connectivity index (χ1) is 12.0. The largest absolute Gasteiger partial charge is 0.394 e. The second-order valence-corrected chi connectivity index (χ2v) is 5.80. The predicted molar refractivity (Wildman–Crippen MR) is 93.1 cm³/mol. The van der Waals surface area contributed by atoms with Crippen molar-refractivity contribution in [2.45, 2.75) is 32.4 Å². The summed E-state index contributed by atoms with van der Waals surface area (Å²) in [6.07, 6.45) is 0.886. The maximum atomic E-state index is 13.6. The highest BCUT2D eigenvalue weighted by Crippen LogP contribution is 2.15. The number of aliphatic hydroxyl groups is 1. The fraction of sp³-hybridized carbons (Fsp3) is 0.316. The molecule has 25 heavy (non-hydrogen) atoms. The van der Waals surface area contributed by atoms with Crippen molar-refractivity contribution in [2.75, 3.05) is 11.9 Å². The fourth-order valence-corrected chi connectivity index (χ4v) is 2.36. The lowest BCUT2D eigenvalue weighted by atomic mass is 10.1. The van der Waals surface area contributed by atoms with E-state index in [4.69, 9.17) is 5.11 Å². The first kappa shape index (κ1) is 18.9. The van der Waals surface area contributed by atoms with Gasteiger partial charge in [-0.2, -0.15) is 0 Å². The minimum absolute atomic E-state index is 0.0816. The van der Waals surface area contributed by atoms with Crippen LogP contribution >= 0.6 is 0 Å². The molecule has 1 atom stereocenters. The second kappa shape index (κ2) is 9.13. The van der Waals surface area contributed by atoms with Crippen molar-refractivity contribution in [3.05, 3.63) is 65.2 Å². The molecule has 0 spiro atoms. The standard InChI is InChI=1S/C19H22F2N2O2/c1-2-15(12-24)23-18(25)10-13-6-8-16(9-7-13)22-11-14-4-3-5-17(20)19(14)21/h3-9,15,22,24H,2,10-12H2,1H3,(H,23,25). The van der Waals surface area contributed by atoms with Crippen LogP contribution in [0.3, 0.4) is 0 Å². The highest BCUT2D eigenvalue weighted by molar-refractivity contribution is 5.79. The lowest BCUT2D eigenvalue weighted by Crippen LogP contribution is -2.37. The minimum atomic E-state index is -0.867. The molecule has 2 aromatic carbocycles. The Balaban J connectivity index is 1.89. The molecule has 3 N–H and O–H groups in total. The van der Waals surface area contributed by atoms with E-state index in [1.807, 2.05) is 6.92 Å². The Bertz CT molecular complexity index is 701. The summed E-state index contributed by atoms with van der Waals surface area (Å²) >= 11 is 0. The highest BCUT2D eigenvalue weighted by atomic mass is 19.2. The Hall–Kier alpha value is -2.47. The molecule has 2 rings (SSSR count). The van der Waals surface area contributed by atoms with Crippen molar-refractivity contribution in [2.24, 2.45) is 0 Å². The molecule has 0 fully saturated rings. The number of anilines is 1. The Kier molecular flexibility index (Phi) is 6.89. The summed E-state index contributed by atoms with van der Waals surface area (Å²) in [5.41, 5.74) is 1.82. The third-order valence-corrected chi connectivity index (χ3v) is 3.91. The van der Waals surface area contributed by atoms with Crippen molar-refractivity contribution in [1.82, 2.24) is 5.32 Å². The Morgan fingerprint density at radius 2 is 1.88 bits per heavy atom. The average molecular weight is 348 g/mol. The minimum Gasteiger partial charge on any atom is -0.394 e. The molecule has 0 aliphatic rings. The molecular weight excluding hydrogens is 326 g/mol. The van der Waals surface area contributed by atoms with Gasteiger partial charge in [0, 0.05) is 17.8 Å². The molecule has 0 bridgehead atoms. The van der Waals surface area contributed by atoms with Crippen molar-refractivity contribution < 1.29 is 18.7 Å². The van der Waals surface area contributed by atoms with Gasteiger partial charge in [-0.25, -0.2) is 8.78 Å². The first-order valence-electron chi connectivity index (χ1n) is 8.19. The van der Waals surface area contributed by atoms with Crippen LogP contribution in [0.4, 0.5) is 14.5 Å². The van der Waals surface area contributed by atoms with Crippen molar-refractivity contribution in [3.8, 4) is 0 Å². The molecule has 134 valence electrons. The zero-order valence-corrected chi connectivity index (χ0v) is 14.1. The van der Waals surface area contributed by atoms with Gasteiger partial charge in [0.1, 0.15) is 0 Å². The van der Waals surface area contributed by atoms with E-state index in [0.717, 1.165) is 17.3 Å². The van der Waals surface area contributed by atoms with Crippen LogP contribution in [0.1, 0.15) is 24.5 Å². The van der Waals surface area contributed by atoms with E-state index in [1.165, 1.54) is 12.1 Å². The molecule has 0 aliphatic carbocycles. The second-order valence-electron chi connectivity index (χ2n) is 5.80. The van der Waals surface area contributed by atoms with Gasteiger partial charge in [0.05, 0.1) is 19.1 Å². The van der Waals surface area contributed by atoms with E-state index in [1.54, 1.807) is 24.3 Å². The van der Waals surface area contributed by atoms with Gasteiger partial charge in [-0.15, -0.1) is 0 Å². The van der Waals surface area contributed by atoms with E-state index in [9.17, 15) is 13.6 Å². The topological polar surface area (TPSA) is 61.4 Å². The highest BCUT2D eigenvalue weighted by Gasteiger charge is 2.10. The summed E-state index contributed by atoms with van der Waals surface area (Å²) in [6.45, 7) is 1.98. The molecule has 1 amide bonds. The maximum Gasteiger partial charge on any atom is 0.224 e. The molecule has 0 aromatic heterocycles. The van der Waals surface area contributed by atoms with Gasteiger partial charge < -0.3 is 15.7 Å². The third-order valence-electron chi connectivity index (χ3n) is 3.91. The van der Waals surface area contributed by atoms with Gasteiger partial charge in [-0.1, -0.05) is 31.2 Å². The molecule has 6 heteroatoms. The van der Waals surface area contributed by atoms with Gasteiger partial charge in [0.2, 0.25) is 5.91 Å². The predicted octanol–water partition coefficient (Wildman–Crippen LogP) is 3.01. The summed E-state index contributed by atoms with van der Waals surface area (Å²) in [5, 5.41) is 14.9. The number of benzene rings is 2. The summed E-state index contributed by atoms with van der Waals surface area (Å²) in [4.78, 5) is 11.9.